The summed E-state index contributed by atoms with van der Waals surface area (Å²) in [5, 5.41) is 2.38. The van der Waals surface area contributed by atoms with Crippen molar-refractivity contribution in [3.05, 3.63) is 58.7 Å². The summed E-state index contributed by atoms with van der Waals surface area (Å²) in [6.45, 7) is 1.75. The number of halogens is 1. The largest absolute Gasteiger partial charge is 0.451 e. The molecule has 1 saturated carbocycles. The normalized spacial score (nSPS) is 14.0. The lowest BCUT2D eigenvalue weighted by Gasteiger charge is -2.19. The Balaban J connectivity index is 1.85. The van der Waals surface area contributed by atoms with Crippen molar-refractivity contribution in [2.75, 3.05) is 10.0 Å². The van der Waals surface area contributed by atoms with Gasteiger partial charge in [0.05, 0.1) is 22.2 Å². The van der Waals surface area contributed by atoms with E-state index in [0.29, 0.717) is 12.8 Å². The average Bonchev–Trinajstić information content (AvgIpc) is 3.40. The molecule has 2 N–H and O–H groups in total. The second-order valence-corrected chi connectivity index (χ2v) is 8.97. The van der Waals surface area contributed by atoms with Gasteiger partial charge in [-0.2, -0.15) is 0 Å². The number of oxazole rings is 1. The molecule has 0 saturated heterocycles. The third kappa shape index (κ3) is 3.75. The summed E-state index contributed by atoms with van der Waals surface area (Å²) >= 11 is 0. The Morgan fingerprint density at radius 2 is 2.00 bits per heavy atom. The van der Waals surface area contributed by atoms with Crippen LogP contribution in [0.15, 0.2) is 46.1 Å². The molecule has 3 aromatic rings. The molecule has 0 amide bonds. The monoisotopic (exact) mass is 418 g/mol. The van der Waals surface area contributed by atoms with E-state index < -0.39 is 26.6 Å². The van der Waals surface area contributed by atoms with Crippen molar-refractivity contribution < 1.29 is 17.2 Å². The Hall–Kier alpha value is -3.14. The number of aromatic nitrogens is 2. The van der Waals surface area contributed by atoms with Gasteiger partial charge in [0.25, 0.3) is 5.56 Å². The summed E-state index contributed by atoms with van der Waals surface area (Å²) in [6.07, 6.45) is 3.62. The number of rotatable bonds is 6. The maximum Gasteiger partial charge on any atom is 0.261 e. The predicted molar refractivity (Wildman–Crippen MR) is 107 cm³/mol. The molecule has 1 aliphatic carbocycles. The van der Waals surface area contributed by atoms with E-state index in [-0.39, 0.29) is 28.5 Å². The average molecular weight is 418 g/mol. The Morgan fingerprint density at radius 1 is 1.24 bits per heavy atom. The first-order valence-corrected chi connectivity index (χ1v) is 10.5. The van der Waals surface area contributed by atoms with Gasteiger partial charge in [-0.3, -0.25) is 14.1 Å². The number of aryl methyl sites for hydroxylation is 1. The molecule has 0 spiro atoms. The highest BCUT2D eigenvalue weighted by Crippen LogP contribution is 2.34. The fourth-order valence-electron chi connectivity index (χ4n) is 2.96. The lowest BCUT2D eigenvalue weighted by Crippen LogP contribution is -2.25. The first-order valence-electron chi connectivity index (χ1n) is 8.93. The molecule has 29 heavy (non-hydrogen) atoms. The van der Waals surface area contributed by atoms with Crippen LogP contribution in [0.5, 0.6) is 0 Å². The van der Waals surface area contributed by atoms with Crippen molar-refractivity contribution in [2.45, 2.75) is 25.0 Å². The molecule has 152 valence electrons. The summed E-state index contributed by atoms with van der Waals surface area (Å²) in [6, 6.07) is 5.97. The SMILES string of the molecule is Cc1ccc(Nc2c(NS(=O)(=O)C3CC3)cc(-c3cocn3)c(=O)n2C)c(F)c1. The van der Waals surface area contributed by atoms with Gasteiger partial charge < -0.3 is 9.73 Å². The van der Waals surface area contributed by atoms with E-state index in [1.54, 1.807) is 13.0 Å². The minimum atomic E-state index is -3.63. The Kier molecular flexibility index (Phi) is 4.65. The van der Waals surface area contributed by atoms with Crippen LogP contribution in [0.1, 0.15) is 18.4 Å². The van der Waals surface area contributed by atoms with Gasteiger partial charge in [0.2, 0.25) is 10.0 Å². The number of hydrogen-bond acceptors (Lipinski definition) is 6. The molecule has 0 bridgehead atoms. The van der Waals surface area contributed by atoms with E-state index in [0.717, 1.165) is 5.56 Å². The topological polar surface area (TPSA) is 106 Å². The molecular formula is C19H19FN4O4S. The molecule has 8 nitrogen and oxygen atoms in total. The molecule has 1 aliphatic rings. The number of hydrogen-bond donors (Lipinski definition) is 2. The smallest absolute Gasteiger partial charge is 0.261 e. The standard InChI is InChI=1S/C19H19FN4O4S/c1-11-3-6-15(14(20)7-11)22-18-16(23-29(26,27)12-4-5-12)8-13(19(25)24(18)2)17-9-28-10-21-17/h3,6-10,12,22-23H,4-5H2,1-2H3. The number of nitrogens with one attached hydrogen (secondary N) is 2. The molecule has 0 unspecified atom stereocenters. The lowest BCUT2D eigenvalue weighted by atomic mass is 10.2. The Morgan fingerprint density at radius 3 is 2.62 bits per heavy atom. The van der Waals surface area contributed by atoms with Crippen molar-refractivity contribution in [1.29, 1.82) is 0 Å². The number of pyridine rings is 1. The van der Waals surface area contributed by atoms with Crippen molar-refractivity contribution >= 4 is 27.2 Å². The van der Waals surface area contributed by atoms with Crippen LogP contribution >= 0.6 is 0 Å². The molecule has 4 rings (SSSR count). The summed E-state index contributed by atoms with van der Waals surface area (Å²) in [5.41, 5.74) is 0.958. The van der Waals surface area contributed by atoms with Crippen LogP contribution in [-0.2, 0) is 17.1 Å². The van der Waals surface area contributed by atoms with Gasteiger partial charge in [0.1, 0.15) is 23.6 Å². The molecule has 10 heteroatoms. The lowest BCUT2D eigenvalue weighted by molar-refractivity contribution is 0.558. The molecule has 0 radical (unpaired) electrons. The first kappa shape index (κ1) is 19.2. The highest BCUT2D eigenvalue weighted by molar-refractivity contribution is 7.93. The molecular weight excluding hydrogens is 399 g/mol. The third-order valence-electron chi connectivity index (χ3n) is 4.72. The van der Waals surface area contributed by atoms with E-state index in [2.05, 4.69) is 15.0 Å². The fourth-order valence-corrected chi connectivity index (χ4v) is 4.34. The number of sulfonamides is 1. The van der Waals surface area contributed by atoms with Crippen LogP contribution in [-0.4, -0.2) is 23.2 Å². The van der Waals surface area contributed by atoms with Crippen LogP contribution in [0, 0.1) is 12.7 Å². The molecule has 1 aromatic carbocycles. The zero-order valence-corrected chi connectivity index (χ0v) is 16.6. The maximum absolute atomic E-state index is 14.4. The summed E-state index contributed by atoms with van der Waals surface area (Å²) in [7, 11) is -2.16. The van der Waals surface area contributed by atoms with Crippen LogP contribution in [0.3, 0.4) is 0 Å². The van der Waals surface area contributed by atoms with Gasteiger partial charge in [0, 0.05) is 7.05 Å². The summed E-state index contributed by atoms with van der Waals surface area (Å²) in [4.78, 5) is 16.8. The van der Waals surface area contributed by atoms with Gasteiger partial charge in [0.15, 0.2) is 6.39 Å². The van der Waals surface area contributed by atoms with Gasteiger partial charge in [-0.1, -0.05) is 6.07 Å². The van der Waals surface area contributed by atoms with Crippen molar-refractivity contribution in [3.8, 4) is 11.3 Å². The van der Waals surface area contributed by atoms with Crippen LogP contribution in [0.4, 0.5) is 21.6 Å². The number of benzene rings is 1. The fraction of sp³-hybridized carbons (Fsp3) is 0.263. The zero-order chi connectivity index (χ0) is 20.8. The number of nitrogens with zero attached hydrogens (tertiary/aromatic N) is 2. The Bertz CT molecular complexity index is 1230. The minimum absolute atomic E-state index is 0.117. The van der Waals surface area contributed by atoms with Crippen LogP contribution in [0.2, 0.25) is 0 Å². The predicted octanol–water partition coefficient (Wildman–Crippen LogP) is 3.14. The molecule has 2 aromatic heterocycles. The van der Waals surface area contributed by atoms with E-state index in [1.807, 2.05) is 0 Å². The Labute approximate surface area is 166 Å². The van der Waals surface area contributed by atoms with Crippen LogP contribution < -0.4 is 15.6 Å². The quantitative estimate of drug-likeness (QED) is 0.637. The van der Waals surface area contributed by atoms with Gasteiger partial charge in [-0.15, -0.1) is 0 Å². The van der Waals surface area contributed by atoms with E-state index >= 15 is 0 Å². The second kappa shape index (κ2) is 7.03. The van der Waals surface area contributed by atoms with E-state index in [9.17, 15) is 17.6 Å². The van der Waals surface area contributed by atoms with Crippen molar-refractivity contribution in [2.24, 2.45) is 7.05 Å². The maximum atomic E-state index is 14.4. The first-order chi connectivity index (χ1) is 13.8. The van der Waals surface area contributed by atoms with Gasteiger partial charge in [-0.05, 0) is 43.5 Å². The second-order valence-electron chi connectivity index (χ2n) is 7.01. The molecule has 1 fully saturated rings. The van der Waals surface area contributed by atoms with Crippen LogP contribution in [0.25, 0.3) is 11.3 Å². The van der Waals surface area contributed by atoms with E-state index in [1.165, 1.54) is 42.5 Å². The van der Waals surface area contributed by atoms with Crippen molar-refractivity contribution in [1.82, 2.24) is 9.55 Å². The molecule has 0 atom stereocenters. The van der Waals surface area contributed by atoms with Gasteiger partial charge in [-0.25, -0.2) is 17.8 Å². The summed E-state index contributed by atoms with van der Waals surface area (Å²) < 4.78 is 48.1. The highest BCUT2D eigenvalue weighted by Gasteiger charge is 2.36. The third-order valence-corrected chi connectivity index (χ3v) is 6.57. The zero-order valence-electron chi connectivity index (χ0n) is 15.8. The minimum Gasteiger partial charge on any atom is -0.451 e. The number of anilines is 3. The molecule has 0 aliphatic heterocycles. The van der Waals surface area contributed by atoms with Gasteiger partial charge >= 0.3 is 0 Å². The van der Waals surface area contributed by atoms with Crippen molar-refractivity contribution in [3.63, 3.8) is 0 Å². The van der Waals surface area contributed by atoms with E-state index in [4.69, 9.17) is 4.42 Å². The highest BCUT2D eigenvalue weighted by atomic mass is 32.2. The summed E-state index contributed by atoms with van der Waals surface area (Å²) in [5.74, 6) is -0.400. The molecule has 2 heterocycles.